The van der Waals surface area contributed by atoms with Crippen LogP contribution in [0.15, 0.2) is 6.33 Å². The monoisotopic (exact) mass is 420 g/mol. The zero-order chi connectivity index (χ0) is 21.5. The number of carbonyl (C=O) groups excluding carboxylic acids is 2. The Labute approximate surface area is 173 Å². The Morgan fingerprint density at radius 3 is 2.87 bits per heavy atom. The Hall–Kier alpha value is -2.83. The normalized spacial score (nSPS) is 15.2. The minimum absolute atomic E-state index is 0.0225. The summed E-state index contributed by atoms with van der Waals surface area (Å²) in [5.74, 6) is 5.56. The molecule has 0 aromatic carbocycles. The second-order valence-corrected chi connectivity index (χ2v) is 7.17. The van der Waals surface area contributed by atoms with Crippen molar-refractivity contribution in [3.8, 4) is 0 Å². The molecule has 2 aromatic rings. The van der Waals surface area contributed by atoms with E-state index < -0.39 is 11.8 Å². The first-order valence-corrected chi connectivity index (χ1v) is 10.1. The van der Waals surface area contributed by atoms with Crippen LogP contribution in [0.5, 0.6) is 0 Å². The van der Waals surface area contributed by atoms with Gasteiger partial charge in [0.15, 0.2) is 17.0 Å². The highest BCUT2D eigenvalue weighted by Crippen LogP contribution is 2.25. The fraction of sp³-hybridized carbons (Fsp3) is 0.611. The Kier molecular flexibility index (Phi) is 7.49. The van der Waals surface area contributed by atoms with E-state index in [9.17, 15) is 14.8 Å². The number of nitrogens with one attached hydrogen (secondary N) is 1. The molecule has 1 aliphatic heterocycles. The molecule has 0 spiro atoms. The molecule has 1 aliphatic rings. The van der Waals surface area contributed by atoms with Crippen molar-refractivity contribution >= 4 is 35.2 Å². The van der Waals surface area contributed by atoms with Gasteiger partial charge in [0.1, 0.15) is 0 Å². The van der Waals surface area contributed by atoms with Gasteiger partial charge in [-0.15, -0.1) is 0 Å². The molecule has 4 N–H and O–H groups in total. The number of nitrogens with two attached hydrogens (primary N) is 1. The van der Waals surface area contributed by atoms with Crippen molar-refractivity contribution in [1.29, 1.82) is 0 Å². The van der Waals surface area contributed by atoms with Gasteiger partial charge in [0.2, 0.25) is 12.3 Å². The molecule has 30 heavy (non-hydrogen) atoms. The number of amides is 2. The van der Waals surface area contributed by atoms with E-state index in [1.807, 2.05) is 4.90 Å². The first-order chi connectivity index (χ1) is 14.5. The lowest BCUT2D eigenvalue weighted by Crippen LogP contribution is -2.46. The van der Waals surface area contributed by atoms with Crippen molar-refractivity contribution < 1.29 is 19.5 Å². The molecule has 3 rings (SSSR count). The van der Waals surface area contributed by atoms with Gasteiger partial charge in [0.05, 0.1) is 32.0 Å². The zero-order valence-electron chi connectivity index (χ0n) is 17.0. The summed E-state index contributed by atoms with van der Waals surface area (Å²) in [6.07, 6.45) is 4.94. The number of fused-ring (bicyclic) bond motifs is 1. The van der Waals surface area contributed by atoms with Crippen LogP contribution in [-0.2, 0) is 14.3 Å². The van der Waals surface area contributed by atoms with Crippen molar-refractivity contribution in [2.45, 2.75) is 32.6 Å². The molecule has 164 valence electrons. The van der Waals surface area contributed by atoms with Crippen molar-refractivity contribution in [3.05, 3.63) is 6.33 Å². The maximum Gasteiger partial charge on any atom is 0.251 e. The Balaban J connectivity index is 1.86. The van der Waals surface area contributed by atoms with Crippen LogP contribution in [0.25, 0.3) is 11.2 Å². The van der Waals surface area contributed by atoms with Gasteiger partial charge in [0, 0.05) is 13.1 Å². The molecule has 1 atom stereocenters. The van der Waals surface area contributed by atoms with Crippen molar-refractivity contribution in [2.75, 3.05) is 42.8 Å². The molecular weight excluding hydrogens is 392 g/mol. The summed E-state index contributed by atoms with van der Waals surface area (Å²) in [6, 6.07) is 0. The Bertz CT molecular complexity index is 854. The quantitative estimate of drug-likeness (QED) is 0.124. The number of unbranched alkanes of at least 4 members (excludes halogenated alkanes) is 2. The van der Waals surface area contributed by atoms with Crippen LogP contribution in [0.1, 0.15) is 32.6 Å². The molecule has 3 heterocycles. The lowest BCUT2D eigenvalue weighted by Gasteiger charge is -2.29. The van der Waals surface area contributed by atoms with E-state index in [1.54, 1.807) is 0 Å². The Morgan fingerprint density at radius 2 is 2.17 bits per heavy atom. The highest BCUT2D eigenvalue weighted by Gasteiger charge is 2.28. The van der Waals surface area contributed by atoms with Crippen molar-refractivity contribution in [3.63, 3.8) is 0 Å². The standard InChI is InChI=1S/C18H28N8O4/c1-2-3-4-5-13(10-25(29)12-27)17(28)26(19)18-22-15-14(20-11-21-15)16(23-18)24-6-8-30-9-7-24/h11-13,29H,2-10,19H2,1H3,(H,20,21,22,23). The van der Waals surface area contributed by atoms with Crippen LogP contribution in [0.4, 0.5) is 11.8 Å². The number of aromatic amines is 1. The number of rotatable bonds is 10. The van der Waals surface area contributed by atoms with Crippen LogP contribution in [0, 0.1) is 5.92 Å². The number of hydroxylamine groups is 2. The second kappa shape index (κ2) is 10.3. The first-order valence-electron chi connectivity index (χ1n) is 10.1. The summed E-state index contributed by atoms with van der Waals surface area (Å²) < 4.78 is 5.40. The van der Waals surface area contributed by atoms with Gasteiger partial charge in [-0.3, -0.25) is 14.8 Å². The number of carbonyl (C=O) groups is 2. The molecule has 0 aliphatic carbocycles. The molecule has 12 nitrogen and oxygen atoms in total. The summed E-state index contributed by atoms with van der Waals surface area (Å²) in [6.45, 7) is 4.30. The first kappa shape index (κ1) is 21.9. The number of morpholine rings is 1. The third kappa shape index (κ3) is 5.01. The van der Waals surface area contributed by atoms with E-state index in [-0.39, 0.29) is 18.9 Å². The molecular formula is C18H28N8O4. The SMILES string of the molecule is CCCCCC(CN(O)C=O)C(=O)N(N)c1nc(N2CCOCC2)c2nc[nH]c2n1. The van der Waals surface area contributed by atoms with Crippen molar-refractivity contribution in [1.82, 2.24) is 25.0 Å². The van der Waals surface area contributed by atoms with Gasteiger partial charge in [-0.25, -0.2) is 20.9 Å². The van der Waals surface area contributed by atoms with Gasteiger partial charge in [-0.05, 0) is 6.42 Å². The molecule has 2 aromatic heterocycles. The zero-order valence-corrected chi connectivity index (χ0v) is 17.0. The largest absolute Gasteiger partial charge is 0.378 e. The fourth-order valence-electron chi connectivity index (χ4n) is 3.41. The van der Waals surface area contributed by atoms with Crippen LogP contribution in [0.2, 0.25) is 0 Å². The number of nitrogens with zero attached hydrogens (tertiary/aromatic N) is 6. The molecule has 0 saturated carbocycles. The number of ether oxygens (including phenoxy) is 1. The van der Waals surface area contributed by atoms with E-state index in [0.29, 0.717) is 54.8 Å². The fourth-order valence-corrected chi connectivity index (χ4v) is 3.41. The predicted molar refractivity (Wildman–Crippen MR) is 109 cm³/mol. The summed E-state index contributed by atoms with van der Waals surface area (Å²) in [5.41, 5.74) is 1.05. The number of hydrazine groups is 1. The highest BCUT2D eigenvalue weighted by atomic mass is 16.5. The molecule has 12 heteroatoms. The predicted octanol–water partition coefficient (Wildman–Crippen LogP) is 0.440. The van der Waals surface area contributed by atoms with E-state index in [1.165, 1.54) is 6.33 Å². The smallest absolute Gasteiger partial charge is 0.251 e. The number of H-pyrrole nitrogens is 1. The van der Waals surface area contributed by atoms with E-state index in [0.717, 1.165) is 24.3 Å². The van der Waals surface area contributed by atoms with Crippen LogP contribution in [-0.4, -0.2) is 75.4 Å². The van der Waals surface area contributed by atoms with Crippen LogP contribution >= 0.6 is 0 Å². The maximum atomic E-state index is 13.1. The summed E-state index contributed by atoms with van der Waals surface area (Å²) in [7, 11) is 0. The number of hydrogen-bond acceptors (Lipinski definition) is 9. The number of aromatic nitrogens is 4. The van der Waals surface area contributed by atoms with Crippen molar-refractivity contribution in [2.24, 2.45) is 11.8 Å². The highest BCUT2D eigenvalue weighted by molar-refractivity contribution is 5.94. The van der Waals surface area contributed by atoms with Gasteiger partial charge < -0.3 is 14.6 Å². The van der Waals surface area contributed by atoms with Crippen LogP contribution < -0.4 is 15.8 Å². The lowest BCUT2D eigenvalue weighted by molar-refractivity contribution is -0.154. The topological polar surface area (TPSA) is 154 Å². The average Bonchev–Trinajstić information content (AvgIpc) is 3.26. The van der Waals surface area contributed by atoms with E-state index in [4.69, 9.17) is 10.6 Å². The summed E-state index contributed by atoms with van der Waals surface area (Å²) in [5, 5.41) is 11.0. The second-order valence-electron chi connectivity index (χ2n) is 7.17. The van der Waals surface area contributed by atoms with Gasteiger partial charge in [0.25, 0.3) is 5.95 Å². The van der Waals surface area contributed by atoms with Crippen LogP contribution in [0.3, 0.4) is 0 Å². The number of hydrogen-bond donors (Lipinski definition) is 3. The molecule has 0 bridgehead atoms. The average molecular weight is 420 g/mol. The summed E-state index contributed by atoms with van der Waals surface area (Å²) >= 11 is 0. The maximum absolute atomic E-state index is 13.1. The van der Waals surface area contributed by atoms with E-state index >= 15 is 0 Å². The molecule has 1 unspecified atom stereocenters. The number of anilines is 2. The van der Waals surface area contributed by atoms with E-state index in [2.05, 4.69) is 26.9 Å². The van der Waals surface area contributed by atoms with Gasteiger partial charge >= 0.3 is 0 Å². The lowest BCUT2D eigenvalue weighted by atomic mass is 10.00. The molecule has 0 radical (unpaired) electrons. The molecule has 1 saturated heterocycles. The minimum Gasteiger partial charge on any atom is -0.378 e. The third-order valence-corrected chi connectivity index (χ3v) is 5.05. The van der Waals surface area contributed by atoms with Gasteiger partial charge in [-0.2, -0.15) is 9.97 Å². The summed E-state index contributed by atoms with van der Waals surface area (Å²) in [4.78, 5) is 42.0. The molecule has 1 fully saturated rings. The van der Waals surface area contributed by atoms with Gasteiger partial charge in [-0.1, -0.05) is 26.2 Å². The number of imidazole rings is 1. The third-order valence-electron chi connectivity index (χ3n) is 5.05. The molecule has 2 amide bonds. The minimum atomic E-state index is -0.676. The Morgan fingerprint density at radius 1 is 1.40 bits per heavy atom.